The molecule has 1 atom stereocenters. The highest BCUT2D eigenvalue weighted by Crippen LogP contribution is 2.35. The van der Waals surface area contributed by atoms with Crippen molar-refractivity contribution in [3.63, 3.8) is 0 Å². The molecule has 23 heavy (non-hydrogen) atoms. The minimum Gasteiger partial charge on any atom is -0.355 e. The van der Waals surface area contributed by atoms with E-state index in [4.69, 9.17) is 4.52 Å². The normalized spacial score (nSPS) is 19.6. The molecule has 1 aliphatic heterocycles. The lowest BCUT2D eigenvalue weighted by molar-refractivity contribution is -0.142. The molecule has 2 aromatic rings. The summed E-state index contributed by atoms with van der Waals surface area (Å²) < 4.78 is 5.54. The number of rotatable bonds is 2. The Hall–Kier alpha value is -1.62. The van der Waals surface area contributed by atoms with Crippen LogP contribution in [-0.4, -0.2) is 22.5 Å². The van der Waals surface area contributed by atoms with E-state index in [1.807, 2.05) is 49.3 Å². The maximum Gasteiger partial charge on any atom is 0.228 e. The molecular weight excluding hydrogens is 308 g/mol. The first kappa shape index (κ1) is 16.2. The Morgan fingerprint density at radius 2 is 2.17 bits per heavy atom. The van der Waals surface area contributed by atoms with E-state index in [1.54, 1.807) is 11.3 Å². The van der Waals surface area contributed by atoms with Crippen molar-refractivity contribution < 1.29 is 9.32 Å². The van der Waals surface area contributed by atoms with E-state index < -0.39 is 0 Å². The molecule has 0 spiro atoms. The van der Waals surface area contributed by atoms with Crippen molar-refractivity contribution in [2.45, 2.75) is 52.5 Å². The van der Waals surface area contributed by atoms with Gasteiger partial charge in [-0.2, -0.15) is 0 Å². The minimum atomic E-state index is -0.372. The molecule has 4 nitrogen and oxygen atoms in total. The van der Waals surface area contributed by atoms with Crippen molar-refractivity contribution in [1.82, 2.24) is 10.1 Å². The van der Waals surface area contributed by atoms with Gasteiger partial charge in [-0.05, 0) is 24.3 Å². The fraction of sp³-hybridized carbons (Fsp3) is 0.556. The van der Waals surface area contributed by atoms with E-state index >= 15 is 0 Å². The number of thiophene rings is 1. The second-order valence-electron chi connectivity index (χ2n) is 7.21. The summed E-state index contributed by atoms with van der Waals surface area (Å²) >= 11 is 1.64. The molecular formula is C18H24N2O2S. The molecule has 0 unspecified atom stereocenters. The number of carbonyl (C=O) groups excluding carboxylic acids is 1. The van der Waals surface area contributed by atoms with Gasteiger partial charge in [0.05, 0.1) is 10.9 Å². The molecule has 1 fully saturated rings. The SMILES string of the molecule is CC(C)(C)C(=O)N1CCCCC[C@@H]1c1cc(-c2cccs2)on1. The molecule has 0 radical (unpaired) electrons. The molecule has 1 aliphatic rings. The second-order valence-corrected chi connectivity index (χ2v) is 8.15. The Bertz CT molecular complexity index is 655. The summed E-state index contributed by atoms with van der Waals surface area (Å²) in [7, 11) is 0. The van der Waals surface area contributed by atoms with Crippen molar-refractivity contribution in [2.75, 3.05) is 6.54 Å². The van der Waals surface area contributed by atoms with Gasteiger partial charge >= 0.3 is 0 Å². The quantitative estimate of drug-likeness (QED) is 0.786. The van der Waals surface area contributed by atoms with Gasteiger partial charge in [0, 0.05) is 18.0 Å². The highest BCUT2D eigenvalue weighted by molar-refractivity contribution is 7.13. The lowest BCUT2D eigenvalue weighted by Gasteiger charge is -2.33. The van der Waals surface area contributed by atoms with Crippen LogP contribution < -0.4 is 0 Å². The van der Waals surface area contributed by atoms with Gasteiger partial charge in [-0.15, -0.1) is 11.3 Å². The zero-order chi connectivity index (χ0) is 16.4. The second kappa shape index (κ2) is 6.48. The fourth-order valence-electron chi connectivity index (χ4n) is 3.07. The smallest absolute Gasteiger partial charge is 0.228 e. The number of likely N-dealkylation sites (tertiary alicyclic amines) is 1. The molecule has 2 aromatic heterocycles. The summed E-state index contributed by atoms with van der Waals surface area (Å²) in [6, 6.07) is 6.07. The number of nitrogens with zero attached hydrogens (tertiary/aromatic N) is 2. The fourth-order valence-corrected chi connectivity index (χ4v) is 3.74. The first-order valence-electron chi connectivity index (χ1n) is 8.28. The minimum absolute atomic E-state index is 0.0293. The third-order valence-electron chi connectivity index (χ3n) is 4.29. The molecule has 5 heteroatoms. The van der Waals surface area contributed by atoms with Gasteiger partial charge < -0.3 is 9.42 Å². The summed E-state index contributed by atoms with van der Waals surface area (Å²) in [6.07, 6.45) is 4.31. The van der Waals surface area contributed by atoms with Crippen LogP contribution in [0.15, 0.2) is 28.1 Å². The van der Waals surface area contributed by atoms with Crippen LogP contribution in [-0.2, 0) is 4.79 Å². The van der Waals surface area contributed by atoms with Gasteiger partial charge in [-0.1, -0.05) is 44.8 Å². The zero-order valence-corrected chi connectivity index (χ0v) is 14.9. The molecule has 0 bridgehead atoms. The van der Waals surface area contributed by atoms with Gasteiger partial charge in [0.2, 0.25) is 5.91 Å². The van der Waals surface area contributed by atoms with Crippen molar-refractivity contribution >= 4 is 17.2 Å². The predicted octanol–water partition coefficient (Wildman–Crippen LogP) is 4.89. The predicted molar refractivity (Wildman–Crippen MR) is 92.2 cm³/mol. The van der Waals surface area contributed by atoms with Gasteiger partial charge in [-0.25, -0.2) is 0 Å². The van der Waals surface area contributed by atoms with Crippen LogP contribution in [0.1, 0.15) is 58.2 Å². The molecule has 0 aromatic carbocycles. The molecule has 1 saturated heterocycles. The number of aromatic nitrogens is 1. The molecule has 0 aliphatic carbocycles. The third-order valence-corrected chi connectivity index (χ3v) is 5.17. The topological polar surface area (TPSA) is 46.3 Å². The first-order chi connectivity index (χ1) is 11.0. The molecule has 0 N–H and O–H groups in total. The Balaban J connectivity index is 1.89. The lowest BCUT2D eigenvalue weighted by atomic mass is 9.93. The largest absolute Gasteiger partial charge is 0.355 e. The molecule has 3 heterocycles. The number of carbonyl (C=O) groups is 1. The lowest BCUT2D eigenvalue weighted by Crippen LogP contribution is -2.41. The van der Waals surface area contributed by atoms with E-state index in [2.05, 4.69) is 5.16 Å². The van der Waals surface area contributed by atoms with Gasteiger partial charge in [0.1, 0.15) is 5.69 Å². The van der Waals surface area contributed by atoms with Crippen LogP contribution in [0.3, 0.4) is 0 Å². The summed E-state index contributed by atoms with van der Waals surface area (Å²) in [4.78, 5) is 16.0. The van der Waals surface area contributed by atoms with Crippen molar-refractivity contribution in [2.24, 2.45) is 5.41 Å². The number of hydrogen-bond acceptors (Lipinski definition) is 4. The highest BCUT2D eigenvalue weighted by atomic mass is 32.1. The van der Waals surface area contributed by atoms with Crippen LogP contribution in [0.2, 0.25) is 0 Å². The van der Waals surface area contributed by atoms with E-state index in [-0.39, 0.29) is 17.4 Å². The van der Waals surface area contributed by atoms with Gasteiger partial charge in [0.15, 0.2) is 5.76 Å². The van der Waals surface area contributed by atoms with Gasteiger partial charge in [0.25, 0.3) is 0 Å². The Kier molecular flexibility index (Phi) is 4.57. The summed E-state index contributed by atoms with van der Waals surface area (Å²) in [5.74, 6) is 0.993. The monoisotopic (exact) mass is 332 g/mol. The third kappa shape index (κ3) is 3.50. The Morgan fingerprint density at radius 1 is 1.35 bits per heavy atom. The van der Waals surface area contributed by atoms with E-state index in [1.165, 1.54) is 6.42 Å². The summed E-state index contributed by atoms with van der Waals surface area (Å²) in [5.41, 5.74) is 0.510. The first-order valence-corrected chi connectivity index (χ1v) is 9.16. The molecule has 124 valence electrons. The maximum atomic E-state index is 12.9. The van der Waals surface area contributed by atoms with E-state index in [0.717, 1.165) is 42.1 Å². The average Bonchev–Trinajstić information content (AvgIpc) is 3.12. The number of hydrogen-bond donors (Lipinski definition) is 0. The van der Waals surface area contributed by atoms with Crippen LogP contribution >= 0.6 is 11.3 Å². The zero-order valence-electron chi connectivity index (χ0n) is 14.0. The van der Waals surface area contributed by atoms with Crippen molar-refractivity contribution in [3.05, 3.63) is 29.3 Å². The number of amides is 1. The van der Waals surface area contributed by atoms with Crippen LogP contribution in [0.4, 0.5) is 0 Å². The molecule has 0 saturated carbocycles. The van der Waals surface area contributed by atoms with E-state index in [9.17, 15) is 4.79 Å². The molecule has 3 rings (SSSR count). The van der Waals surface area contributed by atoms with Crippen molar-refractivity contribution in [1.29, 1.82) is 0 Å². The van der Waals surface area contributed by atoms with Crippen molar-refractivity contribution in [3.8, 4) is 10.6 Å². The summed E-state index contributed by atoms with van der Waals surface area (Å²) in [6.45, 7) is 6.76. The van der Waals surface area contributed by atoms with Gasteiger partial charge in [-0.3, -0.25) is 4.79 Å². The van der Waals surface area contributed by atoms with Crippen LogP contribution in [0.25, 0.3) is 10.6 Å². The van der Waals surface area contributed by atoms with E-state index in [0.29, 0.717) is 0 Å². The Morgan fingerprint density at radius 3 is 2.87 bits per heavy atom. The molecule has 1 amide bonds. The Labute approximate surface area is 141 Å². The van der Waals surface area contributed by atoms with Crippen LogP contribution in [0, 0.1) is 5.41 Å². The summed E-state index contributed by atoms with van der Waals surface area (Å²) in [5, 5.41) is 6.32. The standard InChI is InChI=1S/C18H24N2O2S/c1-18(2,3)17(21)20-10-6-4-5-8-14(20)13-12-15(22-19-13)16-9-7-11-23-16/h7,9,11-12,14H,4-6,8,10H2,1-3H3/t14-/m1/s1. The average molecular weight is 332 g/mol. The highest BCUT2D eigenvalue weighted by Gasteiger charge is 2.34. The maximum absolute atomic E-state index is 12.9. The van der Waals surface area contributed by atoms with Crippen LogP contribution in [0.5, 0.6) is 0 Å².